The van der Waals surface area contributed by atoms with Crippen molar-refractivity contribution in [2.45, 2.75) is 0 Å². The van der Waals surface area contributed by atoms with Crippen molar-refractivity contribution in [3.8, 4) is 5.75 Å². The summed E-state index contributed by atoms with van der Waals surface area (Å²) in [7, 11) is 1.35. The lowest BCUT2D eigenvalue weighted by atomic mass is 10.2. The van der Waals surface area contributed by atoms with Gasteiger partial charge in [0.2, 0.25) is 0 Å². The normalized spacial score (nSPS) is 10.0. The van der Waals surface area contributed by atoms with Crippen molar-refractivity contribution in [2.75, 3.05) is 12.4 Å². The highest BCUT2D eigenvalue weighted by atomic mass is 35.5. The largest absolute Gasteiger partial charge is 0.494 e. The molecule has 0 saturated carbocycles. The van der Waals surface area contributed by atoms with Crippen molar-refractivity contribution in [2.24, 2.45) is 0 Å². The zero-order valence-corrected chi connectivity index (χ0v) is 11.8. The van der Waals surface area contributed by atoms with E-state index >= 15 is 0 Å². The maximum Gasteiger partial charge on any atom is 0.291 e. The molecule has 0 aliphatic carbocycles. The van der Waals surface area contributed by atoms with Gasteiger partial charge in [-0.3, -0.25) is 14.9 Å². The summed E-state index contributed by atoms with van der Waals surface area (Å²) < 4.78 is 5.05. The molecule has 0 heterocycles. The summed E-state index contributed by atoms with van der Waals surface area (Å²) in [5.74, 6) is -0.200. The molecule has 1 amide bonds. The topological polar surface area (TPSA) is 81.5 Å². The predicted molar refractivity (Wildman–Crippen MR) is 79.1 cm³/mol. The maximum atomic E-state index is 12.1. The van der Waals surface area contributed by atoms with E-state index < -0.39 is 4.92 Å². The third-order valence-electron chi connectivity index (χ3n) is 2.75. The highest BCUT2D eigenvalue weighted by molar-refractivity contribution is 6.33. The van der Waals surface area contributed by atoms with Crippen LogP contribution in [0.5, 0.6) is 5.75 Å². The first-order chi connectivity index (χ1) is 10.0. The second-order valence-electron chi connectivity index (χ2n) is 4.08. The van der Waals surface area contributed by atoms with E-state index in [1.807, 2.05) is 0 Å². The number of amides is 1. The first-order valence-corrected chi connectivity index (χ1v) is 6.29. The van der Waals surface area contributed by atoms with Crippen LogP contribution in [0.15, 0.2) is 42.5 Å². The minimum absolute atomic E-state index is 0.0795. The van der Waals surface area contributed by atoms with Gasteiger partial charge in [-0.1, -0.05) is 29.8 Å². The van der Waals surface area contributed by atoms with Crippen LogP contribution in [0.2, 0.25) is 5.02 Å². The highest BCUT2D eigenvalue weighted by Gasteiger charge is 2.19. The number of rotatable bonds is 4. The molecular formula is C14H11ClN2O4. The number of hydrogen-bond acceptors (Lipinski definition) is 4. The number of anilines is 1. The zero-order valence-electron chi connectivity index (χ0n) is 11.0. The molecule has 0 spiro atoms. The molecule has 6 nitrogen and oxygen atoms in total. The van der Waals surface area contributed by atoms with Crippen LogP contribution in [0.4, 0.5) is 11.4 Å². The Morgan fingerprint density at radius 2 is 1.95 bits per heavy atom. The molecule has 2 aromatic rings. The number of nitro groups is 1. The van der Waals surface area contributed by atoms with Gasteiger partial charge in [-0.15, -0.1) is 0 Å². The summed E-state index contributed by atoms with van der Waals surface area (Å²) in [5.41, 5.74) is 0.433. The molecule has 0 atom stereocenters. The summed E-state index contributed by atoms with van der Waals surface area (Å²) >= 11 is 5.83. The van der Waals surface area contributed by atoms with Gasteiger partial charge < -0.3 is 10.1 Å². The Bertz CT molecular complexity index is 689. The molecule has 2 aromatic carbocycles. The first-order valence-electron chi connectivity index (χ1n) is 5.91. The standard InChI is InChI=1S/C14H11ClN2O4/c1-21-13-8-12(17(19)20)10(15)7-11(13)16-14(18)9-5-3-2-4-6-9/h2-8H,1H3,(H,16,18). The van der Waals surface area contributed by atoms with Crippen molar-refractivity contribution >= 4 is 28.9 Å². The number of nitro benzene ring substituents is 1. The summed E-state index contributed by atoms with van der Waals surface area (Å²) in [6.07, 6.45) is 0. The summed E-state index contributed by atoms with van der Waals surface area (Å²) in [6, 6.07) is 11.0. The quantitative estimate of drug-likeness (QED) is 0.692. The average molecular weight is 307 g/mol. The summed E-state index contributed by atoms with van der Waals surface area (Å²) in [5, 5.41) is 13.4. The lowest BCUT2D eigenvalue weighted by molar-refractivity contribution is -0.384. The van der Waals surface area contributed by atoms with Crippen molar-refractivity contribution in [3.05, 3.63) is 63.2 Å². The summed E-state index contributed by atoms with van der Waals surface area (Å²) in [4.78, 5) is 22.3. The maximum absolute atomic E-state index is 12.1. The molecule has 0 fully saturated rings. The van der Waals surface area contributed by atoms with E-state index in [4.69, 9.17) is 16.3 Å². The van der Waals surface area contributed by atoms with Crippen molar-refractivity contribution in [1.29, 1.82) is 0 Å². The van der Waals surface area contributed by atoms with Crippen LogP contribution in [0.25, 0.3) is 0 Å². The predicted octanol–water partition coefficient (Wildman–Crippen LogP) is 3.51. The Balaban J connectivity index is 2.34. The second kappa shape index (κ2) is 6.23. The van der Waals surface area contributed by atoms with Gasteiger partial charge in [0.25, 0.3) is 11.6 Å². The number of carbonyl (C=O) groups is 1. The van der Waals surface area contributed by atoms with Gasteiger partial charge in [0, 0.05) is 5.56 Å². The van der Waals surface area contributed by atoms with Gasteiger partial charge in [-0.2, -0.15) is 0 Å². The number of halogens is 1. The number of methoxy groups -OCH3 is 1. The molecule has 2 rings (SSSR count). The molecular weight excluding hydrogens is 296 g/mol. The number of ether oxygens (including phenoxy) is 1. The SMILES string of the molecule is COc1cc([N+](=O)[O-])c(Cl)cc1NC(=O)c1ccccc1. The molecule has 0 aliphatic rings. The molecule has 108 valence electrons. The number of hydrogen-bond donors (Lipinski definition) is 1. The van der Waals surface area contributed by atoms with Crippen LogP contribution in [0.3, 0.4) is 0 Å². The lowest BCUT2D eigenvalue weighted by Crippen LogP contribution is -2.12. The number of benzene rings is 2. The van der Waals surface area contributed by atoms with Crippen molar-refractivity contribution < 1.29 is 14.5 Å². The van der Waals surface area contributed by atoms with E-state index in [-0.39, 0.29) is 28.1 Å². The third kappa shape index (κ3) is 3.29. The minimum atomic E-state index is -0.617. The van der Waals surface area contributed by atoms with E-state index in [1.165, 1.54) is 19.2 Å². The first kappa shape index (κ1) is 14.8. The van der Waals surface area contributed by atoms with Crippen LogP contribution in [-0.4, -0.2) is 17.9 Å². The highest BCUT2D eigenvalue weighted by Crippen LogP contribution is 2.35. The molecule has 21 heavy (non-hydrogen) atoms. The van der Waals surface area contributed by atoms with Gasteiger partial charge in [0.15, 0.2) is 0 Å². The second-order valence-corrected chi connectivity index (χ2v) is 4.49. The zero-order chi connectivity index (χ0) is 15.4. The van der Waals surface area contributed by atoms with E-state index in [1.54, 1.807) is 30.3 Å². The van der Waals surface area contributed by atoms with Gasteiger partial charge >= 0.3 is 0 Å². The molecule has 1 N–H and O–H groups in total. The van der Waals surface area contributed by atoms with Crippen LogP contribution >= 0.6 is 11.6 Å². The smallest absolute Gasteiger partial charge is 0.291 e. The van der Waals surface area contributed by atoms with E-state index in [9.17, 15) is 14.9 Å². The summed E-state index contributed by atoms with van der Waals surface area (Å²) in [6.45, 7) is 0. The van der Waals surface area contributed by atoms with Crippen molar-refractivity contribution in [1.82, 2.24) is 0 Å². The van der Waals surface area contributed by atoms with E-state index in [2.05, 4.69) is 5.32 Å². The van der Waals surface area contributed by atoms with Crippen molar-refractivity contribution in [3.63, 3.8) is 0 Å². The fraction of sp³-hybridized carbons (Fsp3) is 0.0714. The van der Waals surface area contributed by atoms with Crippen LogP contribution in [0.1, 0.15) is 10.4 Å². The number of nitrogens with zero attached hydrogens (tertiary/aromatic N) is 1. The molecule has 7 heteroatoms. The third-order valence-corrected chi connectivity index (χ3v) is 3.05. The van der Waals surface area contributed by atoms with Gasteiger partial charge in [0.05, 0.1) is 23.8 Å². The Kier molecular flexibility index (Phi) is 4.39. The molecule has 0 aliphatic heterocycles. The van der Waals surface area contributed by atoms with Crippen LogP contribution in [-0.2, 0) is 0 Å². The number of nitrogens with one attached hydrogen (secondary N) is 1. The monoisotopic (exact) mass is 306 g/mol. The Morgan fingerprint density at radius 3 is 2.52 bits per heavy atom. The fourth-order valence-corrected chi connectivity index (χ4v) is 1.97. The Hall–Kier alpha value is -2.60. The molecule has 0 aromatic heterocycles. The number of carbonyl (C=O) groups excluding carboxylic acids is 1. The Labute approximate surface area is 125 Å². The molecule has 0 saturated heterocycles. The van der Waals surface area contributed by atoms with Gasteiger partial charge in [-0.05, 0) is 18.2 Å². The minimum Gasteiger partial charge on any atom is -0.494 e. The van der Waals surface area contributed by atoms with E-state index in [0.717, 1.165) is 0 Å². The van der Waals surface area contributed by atoms with E-state index in [0.29, 0.717) is 5.56 Å². The fourth-order valence-electron chi connectivity index (χ4n) is 1.73. The van der Waals surface area contributed by atoms with Crippen LogP contribution < -0.4 is 10.1 Å². The lowest BCUT2D eigenvalue weighted by Gasteiger charge is -2.11. The van der Waals surface area contributed by atoms with Gasteiger partial charge in [-0.25, -0.2) is 0 Å². The molecule has 0 bridgehead atoms. The average Bonchev–Trinajstić information content (AvgIpc) is 2.48. The van der Waals surface area contributed by atoms with Crippen LogP contribution in [0, 0.1) is 10.1 Å². The molecule has 0 unspecified atom stereocenters. The Morgan fingerprint density at radius 1 is 1.29 bits per heavy atom. The van der Waals surface area contributed by atoms with Gasteiger partial charge in [0.1, 0.15) is 10.8 Å². The molecule has 0 radical (unpaired) electrons.